The summed E-state index contributed by atoms with van der Waals surface area (Å²) in [6.45, 7) is 4.74. The van der Waals surface area contributed by atoms with Gasteiger partial charge in [-0.2, -0.15) is 0 Å². The zero-order valence-electron chi connectivity index (χ0n) is 8.76. The Morgan fingerprint density at radius 2 is 2.21 bits per heavy atom. The van der Waals surface area contributed by atoms with Gasteiger partial charge >= 0.3 is 5.97 Å². The quantitative estimate of drug-likeness (QED) is 0.748. The second kappa shape index (κ2) is 4.65. The normalized spacial score (nSPS) is 9.64. The number of carbonyl (C=O) groups is 1. The Morgan fingerprint density at radius 3 is 2.79 bits per heavy atom. The molecule has 0 heterocycles. The van der Waals surface area contributed by atoms with Crippen LogP contribution in [-0.2, 0) is 4.74 Å². The van der Waals surface area contributed by atoms with E-state index in [0.717, 1.165) is 17.8 Å². The van der Waals surface area contributed by atoms with E-state index in [1.807, 2.05) is 26.0 Å². The van der Waals surface area contributed by atoms with Crippen molar-refractivity contribution < 1.29 is 9.53 Å². The lowest BCUT2D eigenvalue weighted by atomic mass is 10.1. The van der Waals surface area contributed by atoms with E-state index < -0.39 is 0 Å². The van der Waals surface area contributed by atoms with Crippen LogP contribution in [0.25, 0.3) is 0 Å². The van der Waals surface area contributed by atoms with Gasteiger partial charge in [0.1, 0.15) is 0 Å². The van der Waals surface area contributed by atoms with Crippen molar-refractivity contribution in [3.63, 3.8) is 0 Å². The number of ether oxygens (including phenoxy) is 1. The van der Waals surface area contributed by atoms with Gasteiger partial charge in [0.25, 0.3) is 0 Å². The summed E-state index contributed by atoms with van der Waals surface area (Å²) < 4.78 is 4.70. The minimum absolute atomic E-state index is 0.301. The molecule has 0 atom stereocenters. The molecule has 1 N–H and O–H groups in total. The van der Waals surface area contributed by atoms with Crippen LogP contribution >= 0.6 is 0 Å². The van der Waals surface area contributed by atoms with Gasteiger partial charge in [0.15, 0.2) is 0 Å². The molecule has 0 aliphatic carbocycles. The molecule has 0 saturated carbocycles. The van der Waals surface area contributed by atoms with Crippen LogP contribution in [0.5, 0.6) is 0 Å². The van der Waals surface area contributed by atoms with Gasteiger partial charge in [-0.05, 0) is 25.5 Å². The highest BCUT2D eigenvalue weighted by molar-refractivity contribution is 5.96. The molecule has 0 aromatic heterocycles. The first-order chi connectivity index (χ1) is 6.70. The number of benzene rings is 1. The highest BCUT2D eigenvalue weighted by atomic mass is 16.5. The number of carbonyl (C=O) groups excluding carboxylic acids is 1. The molecular weight excluding hydrogens is 178 g/mol. The molecule has 3 heteroatoms. The molecule has 0 fully saturated rings. The van der Waals surface area contributed by atoms with Crippen molar-refractivity contribution in [3.8, 4) is 0 Å². The van der Waals surface area contributed by atoms with Crippen LogP contribution in [0.4, 0.5) is 5.69 Å². The molecule has 0 bridgehead atoms. The number of rotatable bonds is 3. The molecule has 0 saturated heterocycles. The predicted molar refractivity (Wildman–Crippen MR) is 56.7 cm³/mol. The third kappa shape index (κ3) is 2.05. The average molecular weight is 193 g/mol. The van der Waals surface area contributed by atoms with Gasteiger partial charge in [0.05, 0.1) is 18.4 Å². The van der Waals surface area contributed by atoms with Crippen LogP contribution in [0.1, 0.15) is 22.8 Å². The lowest BCUT2D eigenvalue weighted by Gasteiger charge is -2.11. The van der Waals surface area contributed by atoms with Crippen molar-refractivity contribution in [2.45, 2.75) is 13.8 Å². The summed E-state index contributed by atoms with van der Waals surface area (Å²) in [7, 11) is 1.39. The van der Waals surface area contributed by atoms with Crippen LogP contribution in [-0.4, -0.2) is 19.6 Å². The maximum Gasteiger partial charge on any atom is 0.339 e. The fourth-order valence-electron chi connectivity index (χ4n) is 1.36. The van der Waals surface area contributed by atoms with E-state index in [9.17, 15) is 4.79 Å². The summed E-state index contributed by atoms with van der Waals surface area (Å²) in [5, 5.41) is 3.16. The minimum Gasteiger partial charge on any atom is -0.465 e. The van der Waals surface area contributed by atoms with Crippen molar-refractivity contribution >= 4 is 11.7 Å². The zero-order chi connectivity index (χ0) is 10.6. The summed E-state index contributed by atoms with van der Waals surface area (Å²) in [4.78, 5) is 11.4. The largest absolute Gasteiger partial charge is 0.465 e. The van der Waals surface area contributed by atoms with E-state index in [-0.39, 0.29) is 5.97 Å². The van der Waals surface area contributed by atoms with Crippen molar-refractivity contribution in [3.05, 3.63) is 29.3 Å². The van der Waals surface area contributed by atoms with Gasteiger partial charge < -0.3 is 10.1 Å². The van der Waals surface area contributed by atoms with E-state index in [0.29, 0.717) is 5.56 Å². The van der Waals surface area contributed by atoms with Crippen molar-refractivity contribution in [1.82, 2.24) is 0 Å². The summed E-state index contributed by atoms with van der Waals surface area (Å²) in [6, 6.07) is 5.57. The molecule has 0 radical (unpaired) electrons. The predicted octanol–water partition coefficient (Wildman–Crippen LogP) is 2.21. The second-order valence-electron chi connectivity index (χ2n) is 3.02. The third-order valence-corrected chi connectivity index (χ3v) is 2.03. The molecule has 0 spiro atoms. The molecule has 1 aromatic carbocycles. The number of anilines is 1. The number of hydrogen-bond donors (Lipinski definition) is 1. The lowest BCUT2D eigenvalue weighted by Crippen LogP contribution is -2.09. The first kappa shape index (κ1) is 10.6. The van der Waals surface area contributed by atoms with E-state index in [1.54, 1.807) is 6.07 Å². The average Bonchev–Trinajstić information content (AvgIpc) is 2.20. The Kier molecular flexibility index (Phi) is 3.51. The van der Waals surface area contributed by atoms with Gasteiger partial charge in [-0.25, -0.2) is 4.79 Å². The first-order valence-electron chi connectivity index (χ1n) is 4.62. The Bertz CT molecular complexity index is 334. The maximum atomic E-state index is 11.4. The maximum absolute atomic E-state index is 11.4. The number of methoxy groups -OCH3 is 1. The number of nitrogens with one attached hydrogen (secondary N) is 1. The van der Waals surface area contributed by atoms with Crippen LogP contribution in [0, 0.1) is 6.92 Å². The second-order valence-corrected chi connectivity index (χ2v) is 3.02. The van der Waals surface area contributed by atoms with Crippen molar-refractivity contribution in [1.29, 1.82) is 0 Å². The van der Waals surface area contributed by atoms with Gasteiger partial charge in [0, 0.05) is 6.54 Å². The Morgan fingerprint density at radius 1 is 1.50 bits per heavy atom. The molecule has 0 aliphatic heterocycles. The van der Waals surface area contributed by atoms with Gasteiger partial charge in [-0.15, -0.1) is 0 Å². The highest BCUT2D eigenvalue weighted by Crippen LogP contribution is 2.20. The molecule has 1 rings (SSSR count). The minimum atomic E-state index is -0.301. The Labute approximate surface area is 84.1 Å². The van der Waals surface area contributed by atoms with Crippen LogP contribution in [0.3, 0.4) is 0 Å². The molecule has 14 heavy (non-hydrogen) atoms. The summed E-state index contributed by atoms with van der Waals surface area (Å²) in [5.41, 5.74) is 2.51. The van der Waals surface area contributed by atoms with E-state index in [4.69, 9.17) is 4.74 Å². The third-order valence-electron chi connectivity index (χ3n) is 2.03. The number of esters is 1. The standard InChI is InChI=1S/C11H15NO2/c1-4-12-10-8(2)6-5-7-9(10)11(13)14-3/h5-7,12H,4H2,1-3H3. The molecule has 3 nitrogen and oxygen atoms in total. The van der Waals surface area contributed by atoms with Gasteiger partial charge in [0.2, 0.25) is 0 Å². The fraction of sp³-hybridized carbons (Fsp3) is 0.364. The SMILES string of the molecule is CCNc1c(C)cccc1C(=O)OC. The number of hydrogen-bond acceptors (Lipinski definition) is 3. The zero-order valence-corrected chi connectivity index (χ0v) is 8.76. The van der Waals surface area contributed by atoms with Gasteiger partial charge in [-0.1, -0.05) is 12.1 Å². The summed E-state index contributed by atoms with van der Waals surface area (Å²) in [6.07, 6.45) is 0. The fourth-order valence-corrected chi connectivity index (χ4v) is 1.36. The number of para-hydroxylation sites is 1. The van der Waals surface area contributed by atoms with Crippen LogP contribution < -0.4 is 5.32 Å². The van der Waals surface area contributed by atoms with Crippen LogP contribution in [0.2, 0.25) is 0 Å². The molecule has 0 unspecified atom stereocenters. The molecular formula is C11H15NO2. The molecule has 76 valence electrons. The molecule has 0 aliphatic rings. The Hall–Kier alpha value is -1.51. The first-order valence-corrected chi connectivity index (χ1v) is 4.62. The highest BCUT2D eigenvalue weighted by Gasteiger charge is 2.12. The molecule has 1 aromatic rings. The van der Waals surface area contributed by atoms with Crippen LogP contribution in [0.15, 0.2) is 18.2 Å². The summed E-state index contributed by atoms with van der Waals surface area (Å²) in [5.74, 6) is -0.301. The smallest absolute Gasteiger partial charge is 0.339 e. The lowest BCUT2D eigenvalue weighted by molar-refractivity contribution is 0.0602. The van der Waals surface area contributed by atoms with E-state index >= 15 is 0 Å². The monoisotopic (exact) mass is 193 g/mol. The van der Waals surface area contributed by atoms with E-state index in [1.165, 1.54) is 7.11 Å². The summed E-state index contributed by atoms with van der Waals surface area (Å²) >= 11 is 0. The van der Waals surface area contributed by atoms with Crippen molar-refractivity contribution in [2.24, 2.45) is 0 Å². The van der Waals surface area contributed by atoms with Crippen molar-refractivity contribution in [2.75, 3.05) is 19.0 Å². The number of aryl methyl sites for hydroxylation is 1. The Balaban J connectivity index is 3.13. The topological polar surface area (TPSA) is 38.3 Å². The molecule has 0 amide bonds. The van der Waals surface area contributed by atoms with Gasteiger partial charge in [-0.3, -0.25) is 0 Å². The van der Waals surface area contributed by atoms with E-state index in [2.05, 4.69) is 5.32 Å².